The first-order valence-electron chi connectivity index (χ1n) is 7.97. The second kappa shape index (κ2) is 5.65. The number of aromatic amines is 1. The van der Waals surface area contributed by atoms with E-state index in [-0.39, 0.29) is 23.4 Å². The van der Waals surface area contributed by atoms with Crippen LogP contribution in [0.1, 0.15) is 12.8 Å². The Bertz CT molecular complexity index is 975. The molecule has 0 bridgehead atoms. The van der Waals surface area contributed by atoms with Crippen molar-refractivity contribution in [2.24, 2.45) is 11.8 Å². The predicted octanol–water partition coefficient (Wildman–Crippen LogP) is -0.398. The van der Waals surface area contributed by atoms with Gasteiger partial charge in [0.25, 0.3) is 0 Å². The highest BCUT2D eigenvalue weighted by molar-refractivity contribution is 5.81. The van der Waals surface area contributed by atoms with Crippen molar-refractivity contribution in [1.29, 1.82) is 0 Å². The number of hydrazine groups is 1. The molecule has 122 valence electrons. The van der Waals surface area contributed by atoms with Gasteiger partial charge in [0.1, 0.15) is 6.17 Å². The van der Waals surface area contributed by atoms with Gasteiger partial charge >= 0.3 is 0 Å². The van der Waals surface area contributed by atoms with Crippen LogP contribution in [0.15, 0.2) is 41.5 Å². The normalized spacial score (nSPS) is 18.6. The van der Waals surface area contributed by atoms with Gasteiger partial charge in [0.15, 0.2) is 5.43 Å². The van der Waals surface area contributed by atoms with Crippen LogP contribution in [0.3, 0.4) is 0 Å². The summed E-state index contributed by atoms with van der Waals surface area (Å²) in [7, 11) is 0. The predicted molar refractivity (Wildman–Crippen MR) is 91.4 cm³/mol. The number of rotatable bonds is 3. The van der Waals surface area contributed by atoms with E-state index in [2.05, 4.69) is 10.3 Å². The van der Waals surface area contributed by atoms with E-state index < -0.39 is 0 Å². The number of nitrogens with two attached hydrogens (primary N) is 1. The topological polar surface area (TPSA) is 91.2 Å². The van der Waals surface area contributed by atoms with Crippen molar-refractivity contribution in [3.05, 3.63) is 57.3 Å². The molecule has 6 heteroatoms. The second-order valence-electron chi connectivity index (χ2n) is 6.21. The summed E-state index contributed by atoms with van der Waals surface area (Å²) in [5.74, 6) is 6.02. The first-order chi connectivity index (χ1) is 11.6. The smallest absolute Gasteiger partial charge is 0.241 e. The molecule has 4 rings (SSSR count). The zero-order valence-corrected chi connectivity index (χ0v) is 13.0. The van der Waals surface area contributed by atoms with Crippen LogP contribution in [-0.2, 0) is 4.79 Å². The van der Waals surface area contributed by atoms with Gasteiger partial charge in [-0.3, -0.25) is 14.6 Å². The fourth-order valence-corrected chi connectivity index (χ4v) is 2.89. The number of amides is 1. The molecule has 6 nitrogen and oxygen atoms in total. The molecule has 2 aromatic rings. The summed E-state index contributed by atoms with van der Waals surface area (Å²) in [6.45, 7) is 0. The zero-order chi connectivity index (χ0) is 16.7. The van der Waals surface area contributed by atoms with Crippen molar-refractivity contribution in [3.63, 3.8) is 0 Å². The number of carbonyl (C=O) groups excluding carboxylic acids is 1. The molecule has 1 saturated carbocycles. The molecule has 1 fully saturated rings. The molecular weight excluding hydrogens is 304 g/mol. The molecule has 0 spiro atoms. The van der Waals surface area contributed by atoms with Crippen molar-refractivity contribution < 1.29 is 4.79 Å². The Hall–Kier alpha value is -2.86. The number of H-pyrrole nitrogens is 1. The van der Waals surface area contributed by atoms with Gasteiger partial charge in [-0.25, -0.2) is 5.84 Å². The Morgan fingerprint density at radius 3 is 2.79 bits per heavy atom. The largest absolute Gasteiger partial charge is 0.367 e. The number of aromatic nitrogens is 1. The minimum absolute atomic E-state index is 0.0203. The van der Waals surface area contributed by atoms with Crippen LogP contribution in [-0.4, -0.2) is 22.1 Å². The number of nitrogens with one attached hydrogen (secondary N) is 2. The SMILES string of the molecule is NN(C(=O)C1CC1)C1C=c2ccc(-c3c[nH]ccc3=O)cc2=CN1. The Morgan fingerprint density at radius 1 is 1.21 bits per heavy atom. The van der Waals surface area contributed by atoms with E-state index >= 15 is 0 Å². The van der Waals surface area contributed by atoms with Crippen LogP contribution in [0.25, 0.3) is 23.4 Å². The molecule has 0 saturated heterocycles. The van der Waals surface area contributed by atoms with E-state index in [9.17, 15) is 9.59 Å². The Kier molecular flexibility index (Phi) is 3.46. The number of hydrogen-bond donors (Lipinski definition) is 3. The van der Waals surface area contributed by atoms with Gasteiger partial charge in [-0.2, -0.15) is 0 Å². The van der Waals surface area contributed by atoms with Crippen LogP contribution in [0.5, 0.6) is 0 Å². The van der Waals surface area contributed by atoms with Crippen LogP contribution < -0.4 is 27.0 Å². The maximum Gasteiger partial charge on any atom is 0.241 e. The standard InChI is InChI=1S/C18H18N4O2/c19-22(18(24)11-1-2-11)17-8-12-3-4-13(7-14(12)9-21-17)15-10-20-6-5-16(15)23/h3-11,17,21H,1-2,19H2,(H,20,23). The molecule has 0 radical (unpaired) electrons. The van der Waals surface area contributed by atoms with Crippen LogP contribution in [0, 0.1) is 5.92 Å². The minimum Gasteiger partial charge on any atom is -0.367 e. The third-order valence-electron chi connectivity index (χ3n) is 4.45. The first kappa shape index (κ1) is 14.7. The molecule has 1 aliphatic heterocycles. The lowest BCUT2D eigenvalue weighted by Gasteiger charge is -2.27. The van der Waals surface area contributed by atoms with Crippen molar-refractivity contribution in [1.82, 2.24) is 15.3 Å². The molecule has 1 atom stereocenters. The lowest BCUT2D eigenvalue weighted by Crippen LogP contribution is -2.54. The zero-order valence-electron chi connectivity index (χ0n) is 13.0. The number of pyridine rings is 1. The number of fused-ring (bicyclic) bond motifs is 1. The van der Waals surface area contributed by atoms with Crippen molar-refractivity contribution in [2.75, 3.05) is 0 Å². The number of nitrogens with zero attached hydrogens (tertiary/aromatic N) is 1. The van der Waals surface area contributed by atoms with Gasteiger partial charge in [-0.1, -0.05) is 12.1 Å². The highest BCUT2D eigenvalue weighted by Gasteiger charge is 2.34. The van der Waals surface area contributed by atoms with Crippen molar-refractivity contribution >= 4 is 18.2 Å². The number of hydrogen-bond acceptors (Lipinski definition) is 4. The third-order valence-corrected chi connectivity index (χ3v) is 4.45. The van der Waals surface area contributed by atoms with E-state index in [1.54, 1.807) is 12.4 Å². The molecule has 2 heterocycles. The van der Waals surface area contributed by atoms with E-state index in [0.29, 0.717) is 5.56 Å². The summed E-state index contributed by atoms with van der Waals surface area (Å²) in [5.41, 5.74) is 1.45. The van der Waals surface area contributed by atoms with Gasteiger partial charge < -0.3 is 10.3 Å². The number of carbonyl (C=O) groups is 1. The van der Waals surface area contributed by atoms with E-state index in [4.69, 9.17) is 5.84 Å². The minimum atomic E-state index is -0.350. The Balaban J connectivity index is 1.68. The monoisotopic (exact) mass is 322 g/mol. The lowest BCUT2D eigenvalue weighted by atomic mass is 10.0. The van der Waals surface area contributed by atoms with E-state index in [1.165, 1.54) is 11.1 Å². The third kappa shape index (κ3) is 2.61. The van der Waals surface area contributed by atoms with Crippen molar-refractivity contribution in [3.8, 4) is 11.1 Å². The quantitative estimate of drug-likeness (QED) is 0.407. The van der Waals surface area contributed by atoms with Gasteiger partial charge in [0.05, 0.1) is 0 Å². The summed E-state index contributed by atoms with van der Waals surface area (Å²) in [6.07, 6.45) is 8.57. The summed E-state index contributed by atoms with van der Waals surface area (Å²) in [6, 6.07) is 7.30. The fraction of sp³-hybridized carbons (Fsp3) is 0.222. The van der Waals surface area contributed by atoms with Gasteiger partial charge in [0.2, 0.25) is 5.91 Å². The Morgan fingerprint density at radius 2 is 2.04 bits per heavy atom. The summed E-state index contributed by atoms with van der Waals surface area (Å²) < 4.78 is 0. The van der Waals surface area contributed by atoms with Crippen molar-refractivity contribution in [2.45, 2.75) is 19.0 Å². The van der Waals surface area contributed by atoms with Gasteiger partial charge in [-0.15, -0.1) is 0 Å². The molecule has 1 aromatic heterocycles. The maximum absolute atomic E-state index is 12.1. The highest BCUT2D eigenvalue weighted by Crippen LogP contribution is 2.30. The van der Waals surface area contributed by atoms with E-state index in [0.717, 1.165) is 28.8 Å². The molecule has 1 amide bonds. The fourth-order valence-electron chi connectivity index (χ4n) is 2.89. The summed E-state index contributed by atoms with van der Waals surface area (Å²) in [4.78, 5) is 27.0. The maximum atomic E-state index is 12.1. The summed E-state index contributed by atoms with van der Waals surface area (Å²) in [5, 5.41) is 6.35. The molecule has 1 aromatic carbocycles. The number of benzene rings is 1. The first-order valence-corrected chi connectivity index (χ1v) is 7.97. The average Bonchev–Trinajstić information content (AvgIpc) is 3.45. The summed E-state index contributed by atoms with van der Waals surface area (Å²) >= 11 is 0. The Labute approximate surface area is 138 Å². The van der Waals surface area contributed by atoms with Gasteiger partial charge in [-0.05, 0) is 41.0 Å². The molecule has 1 aliphatic carbocycles. The molecule has 1 unspecified atom stereocenters. The average molecular weight is 322 g/mol. The van der Waals surface area contributed by atoms with Gasteiger partial charge in [0, 0.05) is 36.1 Å². The molecule has 24 heavy (non-hydrogen) atoms. The van der Waals surface area contributed by atoms with Crippen LogP contribution in [0.4, 0.5) is 0 Å². The van der Waals surface area contributed by atoms with Crippen LogP contribution >= 0.6 is 0 Å². The molecular formula is C18H18N4O2. The molecule has 4 N–H and O–H groups in total. The lowest BCUT2D eigenvalue weighted by molar-refractivity contribution is -0.134. The van der Waals surface area contributed by atoms with Crippen LogP contribution in [0.2, 0.25) is 0 Å². The second-order valence-corrected chi connectivity index (χ2v) is 6.21. The molecule has 2 aliphatic rings. The highest BCUT2D eigenvalue weighted by atomic mass is 16.2. The van der Waals surface area contributed by atoms with E-state index in [1.807, 2.05) is 30.5 Å².